The largest absolute Gasteiger partial charge is 0.309 e. The van der Waals surface area contributed by atoms with Crippen LogP contribution in [0.3, 0.4) is 0 Å². The number of hydrogen-bond donors (Lipinski definition) is 1. The first kappa shape index (κ1) is 28.6. The lowest BCUT2D eigenvalue weighted by Gasteiger charge is -2.20. The van der Waals surface area contributed by atoms with Gasteiger partial charge in [0.2, 0.25) is 0 Å². The maximum atomic E-state index is 10.6. The average Bonchev–Trinajstić information content (AvgIpc) is 3.60. The summed E-state index contributed by atoms with van der Waals surface area (Å²) in [6, 6.07) is 55.0. The Labute approximate surface area is 283 Å². The second-order valence-corrected chi connectivity index (χ2v) is 12.3. The summed E-state index contributed by atoms with van der Waals surface area (Å²) in [5, 5.41) is 28.8. The Balaban J connectivity index is 1.25. The number of para-hydroxylation sites is 5. The minimum absolute atomic E-state index is 0.288. The fourth-order valence-electron chi connectivity index (χ4n) is 7.56. The summed E-state index contributed by atoms with van der Waals surface area (Å²) in [6.45, 7) is 0.288. The van der Waals surface area contributed by atoms with Crippen molar-refractivity contribution in [2.75, 3.05) is 6.54 Å². The molecule has 0 aliphatic carbocycles. The summed E-state index contributed by atoms with van der Waals surface area (Å²) in [5.74, 6) is 0. The topological polar surface area (TPSA) is 69.5 Å². The van der Waals surface area contributed by atoms with E-state index in [1.54, 1.807) is 0 Å². The Morgan fingerprint density at radius 1 is 0.551 bits per heavy atom. The maximum absolute atomic E-state index is 10.6. The summed E-state index contributed by atoms with van der Waals surface area (Å²) in [7, 11) is 0. The van der Waals surface area contributed by atoms with Crippen LogP contribution >= 0.6 is 0 Å². The summed E-state index contributed by atoms with van der Waals surface area (Å²) in [6.07, 6.45) is 1.98. The van der Waals surface area contributed by atoms with Gasteiger partial charge in [0.25, 0.3) is 0 Å². The molecule has 2 aromatic heterocycles. The monoisotopic (exact) mass is 627 g/mol. The van der Waals surface area contributed by atoms with Gasteiger partial charge in [0.15, 0.2) is 0 Å². The third-order valence-corrected chi connectivity index (χ3v) is 9.69. The molecule has 9 rings (SSSR count). The van der Waals surface area contributed by atoms with E-state index in [1.807, 2.05) is 12.1 Å². The fourth-order valence-corrected chi connectivity index (χ4v) is 7.56. The molecule has 5 nitrogen and oxygen atoms in total. The second-order valence-electron chi connectivity index (χ2n) is 12.3. The van der Waals surface area contributed by atoms with Crippen LogP contribution in [0.1, 0.15) is 11.1 Å². The zero-order chi connectivity index (χ0) is 32.9. The van der Waals surface area contributed by atoms with E-state index in [1.165, 1.54) is 21.5 Å². The van der Waals surface area contributed by atoms with Crippen LogP contribution in [-0.2, 0) is 0 Å². The van der Waals surface area contributed by atoms with Crippen molar-refractivity contribution in [3.8, 4) is 23.5 Å². The van der Waals surface area contributed by atoms with Gasteiger partial charge in [-0.15, -0.1) is 0 Å². The number of fused-ring (bicyclic) bond motifs is 6. The number of hydrogen-bond acceptors (Lipinski definition) is 3. The van der Waals surface area contributed by atoms with E-state index >= 15 is 0 Å². The molecule has 8 aromatic rings. The van der Waals surface area contributed by atoms with Crippen LogP contribution in [0.5, 0.6) is 0 Å². The van der Waals surface area contributed by atoms with Gasteiger partial charge in [0.05, 0.1) is 45.5 Å². The summed E-state index contributed by atoms with van der Waals surface area (Å²) in [4.78, 5) is 0. The van der Waals surface area contributed by atoms with Crippen LogP contribution in [0.15, 0.2) is 157 Å². The molecule has 0 spiro atoms. The lowest BCUT2D eigenvalue weighted by molar-refractivity contribution is 0.743. The molecule has 1 aliphatic rings. The van der Waals surface area contributed by atoms with Crippen LogP contribution < -0.4 is 5.32 Å². The molecule has 49 heavy (non-hydrogen) atoms. The van der Waals surface area contributed by atoms with Crippen molar-refractivity contribution < 1.29 is 0 Å². The molecule has 1 N–H and O–H groups in total. The third-order valence-electron chi connectivity index (χ3n) is 9.69. The highest BCUT2D eigenvalue weighted by atomic mass is 15.0. The Bertz CT molecular complexity index is 2640. The van der Waals surface area contributed by atoms with Gasteiger partial charge in [0, 0.05) is 44.9 Å². The van der Waals surface area contributed by atoms with Crippen molar-refractivity contribution in [1.29, 1.82) is 10.5 Å². The molecule has 0 fully saturated rings. The van der Waals surface area contributed by atoms with Crippen molar-refractivity contribution in [2.24, 2.45) is 0 Å². The molecule has 0 saturated carbocycles. The molecule has 0 bridgehead atoms. The number of nitrogens with zero attached hydrogens (tertiary/aromatic N) is 4. The molecule has 230 valence electrons. The lowest BCUT2D eigenvalue weighted by atomic mass is 9.87. The van der Waals surface area contributed by atoms with E-state index in [4.69, 9.17) is 0 Å². The van der Waals surface area contributed by atoms with Gasteiger partial charge in [-0.2, -0.15) is 10.5 Å². The molecule has 6 aromatic carbocycles. The van der Waals surface area contributed by atoms with Crippen LogP contribution in [0, 0.1) is 22.7 Å². The zero-order valence-corrected chi connectivity index (χ0v) is 26.5. The predicted molar refractivity (Wildman–Crippen MR) is 199 cm³/mol. The number of benzene rings is 6. The van der Waals surface area contributed by atoms with Gasteiger partial charge in [-0.25, -0.2) is 0 Å². The average molecular weight is 628 g/mol. The Morgan fingerprint density at radius 3 is 1.57 bits per heavy atom. The highest BCUT2D eigenvalue weighted by Crippen LogP contribution is 2.41. The molecule has 5 heteroatoms. The quantitative estimate of drug-likeness (QED) is 0.211. The summed E-state index contributed by atoms with van der Waals surface area (Å²) >= 11 is 0. The first-order valence-corrected chi connectivity index (χ1v) is 16.4. The molecule has 1 aliphatic heterocycles. The first-order valence-electron chi connectivity index (χ1n) is 16.4. The molecular weight excluding hydrogens is 599 g/mol. The van der Waals surface area contributed by atoms with E-state index in [2.05, 4.69) is 166 Å². The van der Waals surface area contributed by atoms with Gasteiger partial charge < -0.3 is 9.13 Å². The highest BCUT2D eigenvalue weighted by Gasteiger charge is 2.25. The van der Waals surface area contributed by atoms with Gasteiger partial charge in [-0.3, -0.25) is 5.32 Å². The Morgan fingerprint density at radius 2 is 1.04 bits per heavy atom. The Hall–Kier alpha value is -6.66. The molecular formula is C44H29N5. The zero-order valence-electron chi connectivity index (χ0n) is 26.5. The van der Waals surface area contributed by atoms with Crippen LogP contribution in [0.4, 0.5) is 0 Å². The number of nitrogens with one attached hydrogen (secondary N) is 1. The standard InChI is InChI=1S/C44H29N5/c45-26-30-28-47-31(27-46)25-38(37-15-5-10-20-43(37)49-41-18-8-3-13-35(41)36-14-4-9-19-42(36)49)44(30)29-21-23-32(24-22-29)48-39-16-6-1-11-33(39)34-12-2-7-17-40(34)48/h1-25,31,47H,28H2. The predicted octanol–water partition coefficient (Wildman–Crippen LogP) is 9.74. The van der Waals surface area contributed by atoms with Gasteiger partial charge in [0.1, 0.15) is 6.04 Å². The summed E-state index contributed by atoms with van der Waals surface area (Å²) in [5.41, 5.74) is 10.7. The second kappa shape index (κ2) is 11.5. The highest BCUT2D eigenvalue weighted by molar-refractivity contribution is 6.13. The van der Waals surface area contributed by atoms with Crippen LogP contribution in [-0.4, -0.2) is 21.7 Å². The fraction of sp³-hybridized carbons (Fsp3) is 0.0455. The van der Waals surface area contributed by atoms with E-state index in [9.17, 15) is 10.5 Å². The van der Waals surface area contributed by atoms with Crippen molar-refractivity contribution in [3.05, 3.63) is 168 Å². The summed E-state index contributed by atoms with van der Waals surface area (Å²) < 4.78 is 4.60. The minimum Gasteiger partial charge on any atom is -0.309 e. The minimum atomic E-state index is -0.570. The van der Waals surface area contributed by atoms with Gasteiger partial charge in [-0.1, -0.05) is 103 Å². The number of rotatable bonds is 4. The van der Waals surface area contributed by atoms with E-state index in [0.717, 1.165) is 55.7 Å². The first-order chi connectivity index (χ1) is 24.2. The third kappa shape index (κ3) is 4.49. The smallest absolute Gasteiger partial charge is 0.115 e. The van der Waals surface area contributed by atoms with Crippen molar-refractivity contribution in [3.63, 3.8) is 0 Å². The Kier molecular flexibility index (Phi) is 6.73. The van der Waals surface area contributed by atoms with E-state index < -0.39 is 6.04 Å². The molecule has 1 unspecified atom stereocenters. The number of aromatic nitrogens is 2. The SMILES string of the molecule is N#CC1=C(c2ccc(-n3c4ccccc4c4ccccc43)cc2)C(c2ccccc2-n2c3ccccc3c3ccccc32)=CC(C#N)NC1. The van der Waals surface area contributed by atoms with Crippen LogP contribution in [0.25, 0.3) is 66.1 Å². The number of nitriles is 2. The van der Waals surface area contributed by atoms with Crippen molar-refractivity contribution in [1.82, 2.24) is 14.5 Å². The maximum Gasteiger partial charge on any atom is 0.115 e. The molecule has 0 saturated heterocycles. The van der Waals surface area contributed by atoms with E-state index in [-0.39, 0.29) is 6.54 Å². The van der Waals surface area contributed by atoms with Gasteiger partial charge in [-0.05, 0) is 59.7 Å². The van der Waals surface area contributed by atoms with Gasteiger partial charge >= 0.3 is 0 Å². The van der Waals surface area contributed by atoms with Crippen molar-refractivity contribution in [2.45, 2.75) is 6.04 Å². The molecule has 3 heterocycles. The normalized spacial score (nSPS) is 15.0. The molecule has 0 radical (unpaired) electrons. The molecule has 1 atom stereocenters. The van der Waals surface area contributed by atoms with Crippen LogP contribution in [0.2, 0.25) is 0 Å². The van der Waals surface area contributed by atoms with Crippen molar-refractivity contribution >= 4 is 54.8 Å². The lowest BCUT2D eigenvalue weighted by Crippen LogP contribution is -2.26. The van der Waals surface area contributed by atoms with E-state index in [0.29, 0.717) is 5.57 Å². The molecule has 0 amide bonds. The number of allylic oxidation sites excluding steroid dienone is 2.